The molecule has 2 aromatic rings. The van der Waals surface area contributed by atoms with Gasteiger partial charge in [-0.3, -0.25) is 4.99 Å². The van der Waals surface area contributed by atoms with Gasteiger partial charge in [-0.15, -0.1) is 0 Å². The third-order valence-corrected chi connectivity index (χ3v) is 3.73. The van der Waals surface area contributed by atoms with Gasteiger partial charge >= 0.3 is 0 Å². The fourth-order valence-electron chi connectivity index (χ4n) is 1.44. The molecule has 1 aromatic heterocycles. The Morgan fingerprint density at radius 1 is 1.06 bits per heavy atom. The smallest absolute Gasteiger partial charge is 0.101 e. The molecule has 0 aliphatic carbocycles. The number of H-pyrrole nitrogens is 1. The molecule has 0 saturated heterocycles. The molecule has 0 atom stereocenters. The standard InChI is InChI=1S/C13H15N2Si/c1-16(2)13-9-8-12(15-13)10-14-11-6-4-3-5-7-11/h3-10,15H,1-2H3. The summed E-state index contributed by atoms with van der Waals surface area (Å²) in [5.74, 6) is 0. The van der Waals surface area contributed by atoms with Crippen LogP contribution in [0, 0.1) is 0 Å². The average Bonchev–Trinajstić information content (AvgIpc) is 2.76. The summed E-state index contributed by atoms with van der Waals surface area (Å²) in [6.45, 7) is 4.54. The zero-order chi connectivity index (χ0) is 11.4. The molecule has 0 spiro atoms. The lowest BCUT2D eigenvalue weighted by Gasteiger charge is -1.96. The van der Waals surface area contributed by atoms with Crippen LogP contribution in [0.4, 0.5) is 5.69 Å². The third kappa shape index (κ3) is 2.70. The predicted octanol–water partition coefficient (Wildman–Crippen LogP) is 2.73. The van der Waals surface area contributed by atoms with Crippen molar-refractivity contribution in [2.45, 2.75) is 13.1 Å². The number of benzene rings is 1. The number of para-hydroxylation sites is 1. The second-order valence-electron chi connectivity index (χ2n) is 3.92. The van der Waals surface area contributed by atoms with E-state index in [1.54, 1.807) is 0 Å². The highest BCUT2D eigenvalue weighted by atomic mass is 28.3. The monoisotopic (exact) mass is 227 g/mol. The van der Waals surface area contributed by atoms with Crippen LogP contribution in [0.3, 0.4) is 0 Å². The number of aromatic amines is 1. The van der Waals surface area contributed by atoms with Crippen LogP contribution in [0.1, 0.15) is 5.69 Å². The first-order valence-corrected chi connectivity index (χ1v) is 7.84. The molecule has 0 fully saturated rings. The van der Waals surface area contributed by atoms with Crippen LogP contribution in [0.5, 0.6) is 0 Å². The van der Waals surface area contributed by atoms with Gasteiger partial charge in [0.1, 0.15) is 8.80 Å². The maximum absolute atomic E-state index is 4.40. The van der Waals surface area contributed by atoms with Crippen LogP contribution in [-0.2, 0) is 0 Å². The number of rotatable bonds is 3. The molecule has 2 rings (SSSR count). The molecule has 0 saturated carbocycles. The second-order valence-corrected chi connectivity index (χ2v) is 6.46. The lowest BCUT2D eigenvalue weighted by Crippen LogP contribution is -2.23. The number of nitrogens with one attached hydrogen (secondary N) is 1. The molecule has 0 aliphatic rings. The molecule has 3 heteroatoms. The average molecular weight is 227 g/mol. The van der Waals surface area contributed by atoms with Crippen molar-refractivity contribution in [2.75, 3.05) is 0 Å². The van der Waals surface area contributed by atoms with Crippen molar-refractivity contribution in [3.05, 3.63) is 48.2 Å². The van der Waals surface area contributed by atoms with Crippen LogP contribution in [-0.4, -0.2) is 20.0 Å². The lowest BCUT2D eigenvalue weighted by molar-refractivity contribution is 1.41. The number of hydrogen-bond acceptors (Lipinski definition) is 1. The predicted molar refractivity (Wildman–Crippen MR) is 71.6 cm³/mol. The van der Waals surface area contributed by atoms with E-state index in [0.717, 1.165) is 11.4 Å². The molecule has 1 N–H and O–H groups in total. The minimum absolute atomic E-state index is 0.390. The molecule has 0 aliphatic heterocycles. The molecule has 2 nitrogen and oxygen atoms in total. The maximum Gasteiger partial charge on any atom is 0.101 e. The summed E-state index contributed by atoms with van der Waals surface area (Å²) in [7, 11) is -0.390. The SMILES string of the molecule is C[Si](C)c1ccc(C=Nc2ccccc2)[nH]1. The molecular weight excluding hydrogens is 212 g/mol. The van der Waals surface area contributed by atoms with Crippen molar-refractivity contribution < 1.29 is 0 Å². The third-order valence-electron chi connectivity index (χ3n) is 2.36. The van der Waals surface area contributed by atoms with E-state index in [2.05, 4.69) is 35.2 Å². The molecule has 0 amide bonds. The zero-order valence-corrected chi connectivity index (χ0v) is 10.6. The summed E-state index contributed by atoms with van der Waals surface area (Å²) < 4.78 is 0. The van der Waals surface area contributed by atoms with Gasteiger partial charge in [0, 0.05) is 0 Å². The summed E-state index contributed by atoms with van der Waals surface area (Å²) in [5.41, 5.74) is 2.06. The summed E-state index contributed by atoms with van der Waals surface area (Å²) in [6.07, 6.45) is 1.88. The van der Waals surface area contributed by atoms with Crippen molar-refractivity contribution in [1.82, 2.24) is 4.98 Å². The van der Waals surface area contributed by atoms with Gasteiger partial charge in [-0.05, 0) is 29.6 Å². The first-order chi connectivity index (χ1) is 7.75. The summed E-state index contributed by atoms with van der Waals surface area (Å²) in [5, 5.41) is 1.35. The van der Waals surface area contributed by atoms with E-state index in [4.69, 9.17) is 0 Å². The zero-order valence-electron chi connectivity index (χ0n) is 9.57. The first-order valence-electron chi connectivity index (χ1n) is 5.34. The topological polar surface area (TPSA) is 28.1 Å². The van der Waals surface area contributed by atoms with Crippen molar-refractivity contribution in [2.24, 2.45) is 4.99 Å². The quantitative estimate of drug-likeness (QED) is 0.617. The highest BCUT2D eigenvalue weighted by molar-refractivity contribution is 6.69. The van der Waals surface area contributed by atoms with E-state index < -0.39 is 8.80 Å². The molecule has 0 bridgehead atoms. The van der Waals surface area contributed by atoms with Crippen LogP contribution in [0.25, 0.3) is 0 Å². The van der Waals surface area contributed by atoms with Crippen molar-refractivity contribution in [3.63, 3.8) is 0 Å². The largest absolute Gasteiger partial charge is 0.362 e. The van der Waals surface area contributed by atoms with Crippen LogP contribution >= 0.6 is 0 Å². The lowest BCUT2D eigenvalue weighted by atomic mass is 10.3. The number of nitrogens with zero attached hydrogens (tertiary/aromatic N) is 1. The van der Waals surface area contributed by atoms with Gasteiger partial charge in [-0.2, -0.15) is 0 Å². The van der Waals surface area contributed by atoms with Crippen LogP contribution in [0.2, 0.25) is 13.1 Å². The Morgan fingerprint density at radius 2 is 1.81 bits per heavy atom. The maximum atomic E-state index is 4.40. The summed E-state index contributed by atoms with van der Waals surface area (Å²) >= 11 is 0. The normalized spacial score (nSPS) is 11.4. The van der Waals surface area contributed by atoms with Gasteiger partial charge in [-0.1, -0.05) is 31.3 Å². The Balaban J connectivity index is 2.12. The fraction of sp³-hybridized carbons (Fsp3) is 0.154. The number of aromatic nitrogens is 1. The Bertz CT molecular complexity index is 472. The van der Waals surface area contributed by atoms with E-state index in [1.165, 1.54) is 5.32 Å². The number of aliphatic imine (C=N–C) groups is 1. The molecule has 0 unspecified atom stereocenters. The van der Waals surface area contributed by atoms with Crippen molar-refractivity contribution in [3.8, 4) is 0 Å². The van der Waals surface area contributed by atoms with E-state index >= 15 is 0 Å². The van der Waals surface area contributed by atoms with Crippen molar-refractivity contribution in [1.29, 1.82) is 0 Å². The van der Waals surface area contributed by atoms with E-state index in [9.17, 15) is 0 Å². The molecule has 16 heavy (non-hydrogen) atoms. The highest BCUT2D eigenvalue weighted by Crippen LogP contribution is 2.09. The molecule has 1 aromatic carbocycles. The van der Waals surface area contributed by atoms with E-state index in [1.807, 2.05) is 36.5 Å². The van der Waals surface area contributed by atoms with Gasteiger partial charge < -0.3 is 4.98 Å². The van der Waals surface area contributed by atoms with Crippen LogP contribution < -0.4 is 5.32 Å². The minimum Gasteiger partial charge on any atom is -0.362 e. The van der Waals surface area contributed by atoms with E-state index in [0.29, 0.717) is 0 Å². The van der Waals surface area contributed by atoms with Crippen LogP contribution in [0.15, 0.2) is 47.5 Å². The van der Waals surface area contributed by atoms with Crippen molar-refractivity contribution >= 4 is 26.0 Å². The Labute approximate surface area is 97.7 Å². The van der Waals surface area contributed by atoms with Gasteiger partial charge in [0.15, 0.2) is 0 Å². The Hall–Kier alpha value is -1.61. The molecular formula is C13H15N2Si. The first kappa shape index (κ1) is 10.9. The highest BCUT2D eigenvalue weighted by Gasteiger charge is 2.02. The van der Waals surface area contributed by atoms with Gasteiger partial charge in [0.05, 0.1) is 17.6 Å². The minimum atomic E-state index is -0.390. The number of hydrogen-bond donors (Lipinski definition) is 1. The van der Waals surface area contributed by atoms with E-state index in [-0.39, 0.29) is 0 Å². The summed E-state index contributed by atoms with van der Waals surface area (Å²) in [6, 6.07) is 14.2. The molecule has 1 heterocycles. The molecule has 1 radical (unpaired) electrons. The second kappa shape index (κ2) is 4.94. The van der Waals surface area contributed by atoms with Gasteiger partial charge in [0.25, 0.3) is 0 Å². The Morgan fingerprint density at radius 3 is 2.44 bits per heavy atom. The summed E-state index contributed by atoms with van der Waals surface area (Å²) in [4.78, 5) is 7.78. The fourth-order valence-corrected chi connectivity index (χ4v) is 2.25. The van der Waals surface area contributed by atoms with Gasteiger partial charge in [0.2, 0.25) is 0 Å². The van der Waals surface area contributed by atoms with Gasteiger partial charge in [-0.25, -0.2) is 0 Å². The Kier molecular flexibility index (Phi) is 3.36. The molecule has 81 valence electrons.